The Morgan fingerprint density at radius 2 is 1.96 bits per heavy atom. The summed E-state index contributed by atoms with van der Waals surface area (Å²) in [5.74, 6) is -5.71. The van der Waals surface area contributed by atoms with Crippen LogP contribution in [0.1, 0.15) is 18.1 Å². The van der Waals surface area contributed by atoms with E-state index in [2.05, 4.69) is 0 Å². The lowest BCUT2D eigenvalue weighted by Gasteiger charge is -2.15. The van der Waals surface area contributed by atoms with Crippen molar-refractivity contribution in [1.82, 2.24) is 0 Å². The second-order valence-electron chi connectivity index (χ2n) is 5.32. The van der Waals surface area contributed by atoms with E-state index in [0.29, 0.717) is 0 Å². The van der Waals surface area contributed by atoms with Crippen LogP contribution >= 0.6 is 11.6 Å². The molecular weight excluding hydrogens is 423 g/mol. The topological polar surface area (TPSA) is 93.5 Å². The molecule has 2 aromatic carbocycles. The second-order valence-corrected chi connectivity index (χ2v) is 7.64. The molecule has 0 aromatic heterocycles. The molecule has 28 heavy (non-hydrogen) atoms. The fourth-order valence-corrected chi connectivity index (χ4v) is 3.37. The summed E-state index contributed by atoms with van der Waals surface area (Å²) in [6.07, 6.45) is 0. The van der Waals surface area contributed by atoms with Crippen molar-refractivity contribution in [2.75, 3.05) is 0 Å². The van der Waals surface area contributed by atoms with E-state index in [-0.39, 0.29) is 16.5 Å². The molecule has 148 valence electrons. The summed E-state index contributed by atoms with van der Waals surface area (Å²) in [7, 11) is -5.10. The molecule has 0 bridgehead atoms. The number of alkyl halides is 2. The van der Waals surface area contributed by atoms with Crippen LogP contribution in [0.4, 0.5) is 13.2 Å². The Balaban J connectivity index is 2.64. The van der Waals surface area contributed by atoms with Crippen molar-refractivity contribution < 1.29 is 35.9 Å². The normalized spacial score (nSPS) is 11.2. The molecule has 0 saturated carbocycles. The van der Waals surface area contributed by atoms with Crippen LogP contribution in [0, 0.1) is 17.1 Å². The highest BCUT2D eigenvalue weighted by atomic mass is 35.5. The summed E-state index contributed by atoms with van der Waals surface area (Å²) >= 11 is 5.72. The first-order chi connectivity index (χ1) is 13.1. The molecule has 2 rings (SSSR count). The Morgan fingerprint density at radius 3 is 2.50 bits per heavy atom. The van der Waals surface area contributed by atoms with Crippen LogP contribution in [0.2, 0.25) is 5.02 Å². The largest absolute Gasteiger partial charge is 0.461 e. The average molecular weight is 434 g/mol. The molecule has 0 unspecified atom stereocenters. The maximum Gasteiger partial charge on any atom is 0.341 e. The van der Waals surface area contributed by atoms with Crippen molar-refractivity contribution in [3.63, 3.8) is 0 Å². The molecule has 0 aliphatic heterocycles. The highest BCUT2D eigenvalue weighted by molar-refractivity contribution is 7.91. The zero-order chi connectivity index (χ0) is 21.1. The Kier molecular flexibility index (Phi) is 6.53. The Bertz CT molecular complexity index is 1050. The van der Waals surface area contributed by atoms with Gasteiger partial charge < -0.3 is 9.47 Å². The molecule has 0 aliphatic rings. The van der Waals surface area contributed by atoms with Gasteiger partial charge in [-0.15, -0.1) is 0 Å². The Morgan fingerprint density at radius 1 is 1.29 bits per heavy atom. The van der Waals surface area contributed by atoms with Gasteiger partial charge in [0.25, 0.3) is 0 Å². The summed E-state index contributed by atoms with van der Waals surface area (Å²) < 4.78 is 73.3. The molecule has 0 radical (unpaired) electrons. The molecule has 0 aliphatic carbocycles. The zero-order valence-corrected chi connectivity index (χ0v) is 15.7. The number of hydrogen-bond acceptors (Lipinski definition) is 6. The van der Waals surface area contributed by atoms with Gasteiger partial charge >= 0.3 is 11.7 Å². The molecule has 0 amide bonds. The summed E-state index contributed by atoms with van der Waals surface area (Å²) in [4.78, 5) is 10.2. The molecule has 6 nitrogen and oxygen atoms in total. The fraction of sp³-hybridized carbons (Fsp3) is 0.176. The molecule has 0 atom stereocenters. The number of sulfone groups is 1. The zero-order valence-electron chi connectivity index (χ0n) is 14.1. The van der Waals surface area contributed by atoms with Gasteiger partial charge in [0.05, 0.1) is 4.90 Å². The average Bonchev–Trinajstić information content (AvgIpc) is 2.58. The standard InChI is InChI=1S/C17H11ClF3NO5S/c1-9(23)26-8-14-13(7-22)15(2-3-16(14)28(24,25)17(20)21)27-12-5-10(18)4-11(19)6-12/h2-6,17H,8H2,1H3. The van der Waals surface area contributed by atoms with Gasteiger partial charge in [0.2, 0.25) is 9.84 Å². The number of halogens is 4. The number of nitriles is 1. The van der Waals surface area contributed by atoms with Crippen LogP contribution in [0.25, 0.3) is 0 Å². The van der Waals surface area contributed by atoms with Crippen molar-refractivity contribution in [3.8, 4) is 17.6 Å². The Labute approximate surface area is 163 Å². The quantitative estimate of drug-likeness (QED) is 0.634. The lowest BCUT2D eigenvalue weighted by Crippen LogP contribution is -2.16. The van der Waals surface area contributed by atoms with Crippen LogP contribution in [-0.2, 0) is 26.0 Å². The molecule has 2 aromatic rings. The maximum absolute atomic E-state index is 13.5. The van der Waals surface area contributed by atoms with Gasteiger partial charge in [-0.1, -0.05) is 11.6 Å². The maximum atomic E-state index is 13.5. The number of carbonyl (C=O) groups excluding carboxylic acids is 1. The minimum Gasteiger partial charge on any atom is -0.461 e. The van der Waals surface area contributed by atoms with Gasteiger partial charge in [-0.2, -0.15) is 14.0 Å². The highest BCUT2D eigenvalue weighted by Crippen LogP contribution is 2.34. The van der Waals surface area contributed by atoms with Gasteiger partial charge in [-0.05, 0) is 24.3 Å². The lowest BCUT2D eigenvalue weighted by atomic mass is 10.1. The predicted octanol–water partition coefficient (Wildman–Crippen LogP) is 4.20. The van der Waals surface area contributed by atoms with Gasteiger partial charge in [0.15, 0.2) is 0 Å². The van der Waals surface area contributed by atoms with E-state index >= 15 is 0 Å². The summed E-state index contributed by atoms with van der Waals surface area (Å²) in [6.45, 7) is 0.253. The summed E-state index contributed by atoms with van der Waals surface area (Å²) in [6, 6.07) is 6.56. The summed E-state index contributed by atoms with van der Waals surface area (Å²) in [5.41, 5.74) is -0.957. The molecule has 0 saturated heterocycles. The van der Waals surface area contributed by atoms with E-state index in [1.54, 1.807) is 6.07 Å². The molecule has 0 fully saturated rings. The number of benzene rings is 2. The van der Waals surface area contributed by atoms with E-state index < -0.39 is 50.0 Å². The molecule has 0 spiro atoms. The highest BCUT2D eigenvalue weighted by Gasteiger charge is 2.32. The molecule has 0 N–H and O–H groups in total. The van der Waals surface area contributed by atoms with Crippen molar-refractivity contribution in [3.05, 3.63) is 52.3 Å². The first kappa shape index (κ1) is 21.5. The Hall–Kier alpha value is -2.77. The minimum absolute atomic E-state index is 0.00876. The third-order valence-corrected chi connectivity index (χ3v) is 5.05. The van der Waals surface area contributed by atoms with Crippen molar-refractivity contribution >= 4 is 27.4 Å². The van der Waals surface area contributed by atoms with Crippen LogP contribution in [-0.4, -0.2) is 20.1 Å². The monoisotopic (exact) mass is 433 g/mol. The van der Waals surface area contributed by atoms with Gasteiger partial charge in [-0.3, -0.25) is 4.79 Å². The second kappa shape index (κ2) is 8.50. The van der Waals surface area contributed by atoms with E-state index in [1.165, 1.54) is 6.07 Å². The number of hydrogen-bond donors (Lipinski definition) is 0. The van der Waals surface area contributed by atoms with Crippen LogP contribution in [0.5, 0.6) is 11.5 Å². The van der Waals surface area contributed by atoms with E-state index in [4.69, 9.17) is 21.1 Å². The van der Waals surface area contributed by atoms with Crippen molar-refractivity contribution in [1.29, 1.82) is 5.26 Å². The first-order valence-electron chi connectivity index (χ1n) is 7.41. The minimum atomic E-state index is -5.10. The van der Waals surface area contributed by atoms with Crippen molar-refractivity contribution in [2.45, 2.75) is 24.2 Å². The smallest absolute Gasteiger partial charge is 0.341 e. The predicted molar refractivity (Wildman–Crippen MR) is 91.3 cm³/mol. The SMILES string of the molecule is CC(=O)OCc1c(S(=O)(=O)C(F)F)ccc(Oc2cc(F)cc(Cl)c2)c1C#N. The third-order valence-electron chi connectivity index (χ3n) is 3.37. The third kappa shape index (κ3) is 4.74. The van der Waals surface area contributed by atoms with E-state index in [9.17, 15) is 31.6 Å². The number of ether oxygens (including phenoxy) is 2. The van der Waals surface area contributed by atoms with Crippen LogP contribution in [0.15, 0.2) is 35.2 Å². The van der Waals surface area contributed by atoms with Gasteiger partial charge in [-0.25, -0.2) is 12.8 Å². The molecule has 0 heterocycles. The molecular formula is C17H11ClF3NO5S. The number of nitrogens with zero attached hydrogens (tertiary/aromatic N) is 1. The van der Waals surface area contributed by atoms with E-state index in [1.807, 2.05) is 0 Å². The molecule has 11 heteroatoms. The number of carbonyl (C=O) groups is 1. The number of rotatable bonds is 6. The first-order valence-corrected chi connectivity index (χ1v) is 9.34. The summed E-state index contributed by atoms with van der Waals surface area (Å²) in [5, 5.41) is 9.42. The number of esters is 1. The van der Waals surface area contributed by atoms with Crippen molar-refractivity contribution in [2.24, 2.45) is 0 Å². The lowest BCUT2D eigenvalue weighted by molar-refractivity contribution is -0.142. The van der Waals surface area contributed by atoms with Gasteiger partial charge in [0.1, 0.15) is 35.6 Å². The van der Waals surface area contributed by atoms with Crippen LogP contribution in [0.3, 0.4) is 0 Å². The van der Waals surface area contributed by atoms with Gasteiger partial charge in [0, 0.05) is 23.6 Å². The van der Waals surface area contributed by atoms with Crippen LogP contribution < -0.4 is 4.74 Å². The van der Waals surface area contributed by atoms with E-state index in [0.717, 1.165) is 31.2 Å². The fourth-order valence-electron chi connectivity index (χ4n) is 2.21.